The fourth-order valence-electron chi connectivity index (χ4n) is 5.04. The standard InChI is InChI=1S/C19H23N3O3S/c23-18(20-14-3-6-24-7-4-14)15-11-1-2-12(9-11)16(15)19-21-17(22-25-19)13-5-8-26-10-13/h5,8,10-12,14-16H,1-4,6-7,9H2,(H,20,23)/t11-,12+,15-,16-/m0/s1. The number of nitrogens with one attached hydrogen (secondary N) is 1. The van der Waals surface area contributed by atoms with Crippen LogP contribution in [-0.4, -0.2) is 35.3 Å². The lowest BCUT2D eigenvalue weighted by Crippen LogP contribution is -2.44. The third-order valence-corrected chi connectivity index (χ3v) is 6.98. The molecule has 3 heterocycles. The minimum atomic E-state index is -0.0348. The molecule has 0 spiro atoms. The zero-order valence-corrected chi connectivity index (χ0v) is 15.4. The van der Waals surface area contributed by atoms with E-state index in [1.807, 2.05) is 16.8 Å². The van der Waals surface area contributed by atoms with Gasteiger partial charge in [0.25, 0.3) is 0 Å². The van der Waals surface area contributed by atoms with Crippen molar-refractivity contribution in [2.24, 2.45) is 17.8 Å². The summed E-state index contributed by atoms with van der Waals surface area (Å²) < 4.78 is 11.0. The van der Waals surface area contributed by atoms with Crippen molar-refractivity contribution >= 4 is 17.2 Å². The Bertz CT molecular complexity index is 769. The van der Waals surface area contributed by atoms with Crippen molar-refractivity contribution in [2.75, 3.05) is 13.2 Å². The Kier molecular flexibility index (Phi) is 4.29. The monoisotopic (exact) mass is 373 g/mol. The molecule has 138 valence electrons. The van der Waals surface area contributed by atoms with Gasteiger partial charge < -0.3 is 14.6 Å². The number of carbonyl (C=O) groups excluding carboxylic acids is 1. The van der Waals surface area contributed by atoms with E-state index in [2.05, 4.69) is 15.5 Å². The molecule has 3 aliphatic rings. The highest BCUT2D eigenvalue weighted by Gasteiger charge is 2.53. The quantitative estimate of drug-likeness (QED) is 0.890. The van der Waals surface area contributed by atoms with Gasteiger partial charge in [0.1, 0.15) is 0 Å². The highest BCUT2D eigenvalue weighted by molar-refractivity contribution is 7.08. The lowest BCUT2D eigenvalue weighted by atomic mass is 9.78. The second-order valence-corrected chi connectivity index (χ2v) is 8.53. The first-order valence-corrected chi connectivity index (χ1v) is 10.5. The minimum absolute atomic E-state index is 0.0348. The van der Waals surface area contributed by atoms with Crippen molar-refractivity contribution in [2.45, 2.75) is 44.1 Å². The molecule has 3 fully saturated rings. The summed E-state index contributed by atoms with van der Waals surface area (Å²) in [5.74, 6) is 2.41. The number of hydrogen-bond acceptors (Lipinski definition) is 6. The van der Waals surface area contributed by atoms with Gasteiger partial charge in [-0.3, -0.25) is 4.79 Å². The Balaban J connectivity index is 1.37. The van der Waals surface area contributed by atoms with Gasteiger partial charge in [-0.2, -0.15) is 16.3 Å². The molecule has 1 aliphatic heterocycles. The zero-order chi connectivity index (χ0) is 17.5. The van der Waals surface area contributed by atoms with Crippen LogP contribution in [0.5, 0.6) is 0 Å². The highest BCUT2D eigenvalue weighted by atomic mass is 32.1. The molecular weight excluding hydrogens is 350 g/mol. The molecule has 0 unspecified atom stereocenters. The molecule has 1 amide bonds. The van der Waals surface area contributed by atoms with Crippen molar-refractivity contribution in [3.63, 3.8) is 0 Å². The molecule has 2 aromatic rings. The molecule has 2 bridgehead atoms. The van der Waals surface area contributed by atoms with E-state index in [1.165, 1.54) is 0 Å². The van der Waals surface area contributed by atoms with Crippen molar-refractivity contribution in [3.8, 4) is 11.4 Å². The van der Waals surface area contributed by atoms with Crippen LogP contribution < -0.4 is 5.32 Å². The third-order valence-electron chi connectivity index (χ3n) is 6.29. The van der Waals surface area contributed by atoms with Crippen LogP contribution in [0.1, 0.15) is 43.9 Å². The summed E-state index contributed by atoms with van der Waals surface area (Å²) in [5, 5.41) is 11.5. The predicted octanol–water partition coefficient (Wildman–Crippen LogP) is 3.22. The molecule has 26 heavy (non-hydrogen) atoms. The first-order valence-electron chi connectivity index (χ1n) is 9.54. The summed E-state index contributed by atoms with van der Waals surface area (Å²) >= 11 is 1.62. The van der Waals surface area contributed by atoms with Crippen LogP contribution >= 0.6 is 11.3 Å². The SMILES string of the molecule is O=C(NC1CCOCC1)[C@H]1[C@H]2CC[C@H](C2)[C@@H]1c1nc(-c2ccsc2)no1. The molecule has 2 aromatic heterocycles. The molecule has 6 nitrogen and oxygen atoms in total. The molecule has 1 saturated heterocycles. The maximum absolute atomic E-state index is 13.1. The lowest BCUT2D eigenvalue weighted by Gasteiger charge is -2.30. The van der Waals surface area contributed by atoms with E-state index in [0.29, 0.717) is 23.6 Å². The van der Waals surface area contributed by atoms with Crippen molar-refractivity contribution in [3.05, 3.63) is 22.7 Å². The minimum Gasteiger partial charge on any atom is -0.381 e. The smallest absolute Gasteiger partial charge is 0.231 e. The average molecular weight is 373 g/mol. The third kappa shape index (κ3) is 2.87. The fraction of sp³-hybridized carbons (Fsp3) is 0.632. The average Bonchev–Trinajstić information content (AvgIpc) is 3.45. The highest BCUT2D eigenvalue weighted by Crippen LogP contribution is 2.56. The van der Waals surface area contributed by atoms with Crippen molar-refractivity contribution in [1.29, 1.82) is 0 Å². The van der Waals surface area contributed by atoms with Crippen LogP contribution in [0.15, 0.2) is 21.3 Å². The molecule has 4 atom stereocenters. The molecular formula is C19H23N3O3S. The van der Waals surface area contributed by atoms with Crippen molar-refractivity contribution in [1.82, 2.24) is 15.5 Å². The van der Waals surface area contributed by atoms with E-state index in [1.54, 1.807) is 11.3 Å². The number of rotatable bonds is 4. The van der Waals surface area contributed by atoms with E-state index in [4.69, 9.17) is 9.26 Å². The van der Waals surface area contributed by atoms with E-state index in [9.17, 15) is 4.79 Å². The Hall–Kier alpha value is -1.73. The van der Waals surface area contributed by atoms with E-state index >= 15 is 0 Å². The molecule has 2 saturated carbocycles. The molecule has 1 N–H and O–H groups in total. The van der Waals surface area contributed by atoms with Gasteiger partial charge in [-0.1, -0.05) is 5.16 Å². The largest absolute Gasteiger partial charge is 0.381 e. The number of thiophene rings is 1. The number of carbonyl (C=O) groups is 1. The summed E-state index contributed by atoms with van der Waals surface area (Å²) in [6.45, 7) is 1.47. The number of fused-ring (bicyclic) bond motifs is 2. The summed E-state index contributed by atoms with van der Waals surface area (Å²) in [5.41, 5.74) is 0.983. The van der Waals surface area contributed by atoms with Gasteiger partial charge in [0.15, 0.2) is 0 Å². The summed E-state index contributed by atoms with van der Waals surface area (Å²) in [4.78, 5) is 17.7. The molecule has 2 aliphatic carbocycles. The second-order valence-electron chi connectivity index (χ2n) is 7.75. The molecule has 7 heteroatoms. The van der Waals surface area contributed by atoms with Crippen LogP contribution in [0.2, 0.25) is 0 Å². The summed E-state index contributed by atoms with van der Waals surface area (Å²) in [6, 6.07) is 2.23. The maximum Gasteiger partial charge on any atom is 0.231 e. The topological polar surface area (TPSA) is 77.2 Å². The number of aromatic nitrogens is 2. The van der Waals surface area contributed by atoms with E-state index in [-0.39, 0.29) is 23.8 Å². The Morgan fingerprint density at radius 3 is 2.85 bits per heavy atom. The van der Waals surface area contributed by atoms with Crippen LogP contribution in [0.25, 0.3) is 11.4 Å². The number of ether oxygens (including phenoxy) is 1. The zero-order valence-electron chi connectivity index (χ0n) is 14.6. The predicted molar refractivity (Wildman–Crippen MR) is 96.7 cm³/mol. The second kappa shape index (κ2) is 6.78. The summed E-state index contributed by atoms with van der Waals surface area (Å²) in [6.07, 6.45) is 5.21. The Morgan fingerprint density at radius 1 is 1.19 bits per heavy atom. The first kappa shape index (κ1) is 16.4. The van der Waals surface area contributed by atoms with Gasteiger partial charge in [0, 0.05) is 30.2 Å². The van der Waals surface area contributed by atoms with Crippen LogP contribution in [0, 0.1) is 17.8 Å². The van der Waals surface area contributed by atoms with Gasteiger partial charge in [-0.15, -0.1) is 0 Å². The Morgan fingerprint density at radius 2 is 2.04 bits per heavy atom. The fourth-order valence-corrected chi connectivity index (χ4v) is 5.68. The number of nitrogens with zero attached hydrogens (tertiary/aromatic N) is 2. The van der Waals surface area contributed by atoms with Crippen molar-refractivity contribution < 1.29 is 14.1 Å². The molecule has 0 radical (unpaired) electrons. The Labute approximate surface area is 156 Å². The first-order chi connectivity index (χ1) is 12.8. The van der Waals surface area contributed by atoms with Crippen LogP contribution in [-0.2, 0) is 9.53 Å². The number of hydrogen-bond donors (Lipinski definition) is 1. The number of amides is 1. The van der Waals surface area contributed by atoms with Gasteiger partial charge >= 0.3 is 0 Å². The molecule has 0 aromatic carbocycles. The van der Waals surface area contributed by atoms with Crippen LogP contribution in [0.4, 0.5) is 0 Å². The van der Waals surface area contributed by atoms with E-state index in [0.717, 1.165) is 50.9 Å². The van der Waals surface area contributed by atoms with Gasteiger partial charge in [-0.25, -0.2) is 0 Å². The van der Waals surface area contributed by atoms with E-state index < -0.39 is 0 Å². The lowest BCUT2D eigenvalue weighted by molar-refractivity contribution is -0.128. The van der Waals surface area contributed by atoms with Gasteiger partial charge in [-0.05, 0) is 55.4 Å². The van der Waals surface area contributed by atoms with Crippen LogP contribution in [0.3, 0.4) is 0 Å². The van der Waals surface area contributed by atoms with Gasteiger partial charge in [0.2, 0.25) is 17.6 Å². The van der Waals surface area contributed by atoms with Gasteiger partial charge in [0.05, 0.1) is 11.8 Å². The maximum atomic E-state index is 13.1. The summed E-state index contributed by atoms with van der Waals surface area (Å²) in [7, 11) is 0. The normalized spacial score (nSPS) is 31.4. The molecule has 5 rings (SSSR count).